The molecule has 0 atom stereocenters. The van der Waals surface area contributed by atoms with E-state index in [0.717, 1.165) is 0 Å². The van der Waals surface area contributed by atoms with Crippen molar-refractivity contribution in [1.29, 1.82) is 0 Å². The van der Waals surface area contributed by atoms with Crippen molar-refractivity contribution >= 4 is 33.7 Å². The van der Waals surface area contributed by atoms with Crippen LogP contribution in [0.3, 0.4) is 0 Å². The monoisotopic (exact) mass is 221 g/mol. The van der Waals surface area contributed by atoms with Crippen molar-refractivity contribution in [3.05, 3.63) is 28.2 Å². The largest absolute Gasteiger partial charge is 0.336 e. The van der Waals surface area contributed by atoms with E-state index in [1.165, 1.54) is 12.5 Å². The Hall–Kier alpha value is -1.95. The maximum atomic E-state index is 11.5. The topological polar surface area (TPSA) is 87.3 Å². The van der Waals surface area contributed by atoms with Gasteiger partial charge in [-0.2, -0.15) is 0 Å². The van der Waals surface area contributed by atoms with Crippen LogP contribution in [0.5, 0.6) is 0 Å². The summed E-state index contributed by atoms with van der Waals surface area (Å²) in [4.78, 5) is 28.7. The molecule has 3 aromatic rings. The van der Waals surface area contributed by atoms with Gasteiger partial charge in [-0.05, 0) is 11.6 Å². The fourth-order valence-corrected chi connectivity index (χ4v) is 1.62. The molecule has 0 fully saturated rings. The molecule has 7 heteroatoms. The number of rotatable bonds is 0. The van der Waals surface area contributed by atoms with E-state index >= 15 is 0 Å². The highest BCUT2D eigenvalue weighted by molar-refractivity contribution is 6.28. The van der Waals surface area contributed by atoms with Gasteiger partial charge in [0.2, 0.25) is 5.28 Å². The Morgan fingerprint density at radius 3 is 3.07 bits per heavy atom. The first-order valence-electron chi connectivity index (χ1n) is 4.13. The minimum Gasteiger partial charge on any atom is -0.336 e. The summed E-state index contributed by atoms with van der Waals surface area (Å²) in [6.45, 7) is 0. The molecule has 0 aliphatic rings. The van der Waals surface area contributed by atoms with E-state index in [1.54, 1.807) is 0 Å². The van der Waals surface area contributed by atoms with Crippen molar-refractivity contribution in [3.8, 4) is 0 Å². The average Bonchev–Trinajstić information content (AvgIpc) is 2.57. The summed E-state index contributed by atoms with van der Waals surface area (Å²) in [5.74, 6) is 0. The van der Waals surface area contributed by atoms with Gasteiger partial charge in [0.05, 0.1) is 18.0 Å². The molecule has 15 heavy (non-hydrogen) atoms. The van der Waals surface area contributed by atoms with E-state index in [1.807, 2.05) is 0 Å². The van der Waals surface area contributed by atoms with Crippen LogP contribution in [0.25, 0.3) is 22.1 Å². The van der Waals surface area contributed by atoms with Crippen LogP contribution in [0.2, 0.25) is 5.28 Å². The molecular weight excluding hydrogens is 218 g/mol. The lowest BCUT2D eigenvalue weighted by Gasteiger charge is -1.88. The van der Waals surface area contributed by atoms with Crippen molar-refractivity contribution in [1.82, 2.24) is 24.9 Å². The fraction of sp³-hybridized carbons (Fsp3) is 0. The minimum absolute atomic E-state index is 0.103. The van der Waals surface area contributed by atoms with Crippen molar-refractivity contribution in [2.75, 3.05) is 0 Å². The zero-order valence-corrected chi connectivity index (χ0v) is 8.04. The summed E-state index contributed by atoms with van der Waals surface area (Å²) >= 11 is 5.66. The summed E-state index contributed by atoms with van der Waals surface area (Å²) in [7, 11) is 0. The number of fused-ring (bicyclic) bond motifs is 3. The number of hydrogen-bond donors (Lipinski definition) is 2. The Bertz CT molecular complexity index is 716. The van der Waals surface area contributed by atoms with E-state index in [9.17, 15) is 4.79 Å². The van der Waals surface area contributed by atoms with Gasteiger partial charge < -0.3 is 9.97 Å². The number of hydrogen-bond acceptors (Lipinski definition) is 4. The lowest BCUT2D eigenvalue weighted by molar-refractivity contribution is 1.16. The molecule has 3 aromatic heterocycles. The van der Waals surface area contributed by atoms with Crippen molar-refractivity contribution in [2.45, 2.75) is 0 Å². The first-order valence-corrected chi connectivity index (χ1v) is 4.51. The Balaban J connectivity index is 2.67. The molecule has 6 nitrogen and oxygen atoms in total. The molecule has 74 valence electrons. The van der Waals surface area contributed by atoms with Crippen LogP contribution in [-0.4, -0.2) is 24.9 Å². The molecule has 2 N–H and O–H groups in total. The minimum atomic E-state index is -0.249. The van der Waals surface area contributed by atoms with E-state index in [2.05, 4.69) is 24.9 Å². The second kappa shape index (κ2) is 2.77. The van der Waals surface area contributed by atoms with Crippen LogP contribution in [0.15, 0.2) is 17.3 Å². The molecular formula is C8H4ClN5O. The predicted molar refractivity (Wildman–Crippen MR) is 54.8 cm³/mol. The van der Waals surface area contributed by atoms with Crippen LogP contribution >= 0.6 is 11.6 Å². The third kappa shape index (κ3) is 1.11. The molecule has 0 amide bonds. The van der Waals surface area contributed by atoms with Crippen molar-refractivity contribution in [2.24, 2.45) is 0 Å². The fourth-order valence-electron chi connectivity index (χ4n) is 1.48. The van der Waals surface area contributed by atoms with Gasteiger partial charge in [0.25, 0.3) is 5.56 Å². The van der Waals surface area contributed by atoms with E-state index in [0.29, 0.717) is 22.1 Å². The molecule has 3 rings (SSSR count). The van der Waals surface area contributed by atoms with Gasteiger partial charge in [0.15, 0.2) is 0 Å². The smallest absolute Gasteiger partial charge is 0.262 e. The summed E-state index contributed by atoms with van der Waals surface area (Å²) in [6, 6.07) is 0. The van der Waals surface area contributed by atoms with Crippen molar-refractivity contribution < 1.29 is 0 Å². The van der Waals surface area contributed by atoms with Crippen LogP contribution < -0.4 is 5.56 Å². The van der Waals surface area contributed by atoms with Gasteiger partial charge in [-0.15, -0.1) is 0 Å². The molecule has 0 aromatic carbocycles. The van der Waals surface area contributed by atoms with Crippen LogP contribution in [0.4, 0.5) is 0 Å². The Kier molecular flexibility index (Phi) is 1.54. The summed E-state index contributed by atoms with van der Waals surface area (Å²) in [6.07, 6.45) is 2.85. The number of halogens is 1. The maximum absolute atomic E-state index is 11.5. The summed E-state index contributed by atoms with van der Waals surface area (Å²) < 4.78 is 0. The summed E-state index contributed by atoms with van der Waals surface area (Å²) in [5, 5.41) is 0.503. The third-order valence-corrected chi connectivity index (χ3v) is 2.28. The normalized spacial score (nSPS) is 11.3. The second-order valence-electron chi connectivity index (χ2n) is 2.98. The van der Waals surface area contributed by atoms with Gasteiger partial charge in [0.1, 0.15) is 16.6 Å². The van der Waals surface area contributed by atoms with Gasteiger partial charge in [0, 0.05) is 0 Å². The Morgan fingerprint density at radius 1 is 1.33 bits per heavy atom. The van der Waals surface area contributed by atoms with E-state index < -0.39 is 0 Å². The highest BCUT2D eigenvalue weighted by Crippen LogP contribution is 2.18. The Morgan fingerprint density at radius 2 is 2.20 bits per heavy atom. The molecule has 0 aliphatic heterocycles. The zero-order chi connectivity index (χ0) is 10.4. The molecule has 0 bridgehead atoms. The lowest BCUT2D eigenvalue weighted by Crippen LogP contribution is -2.05. The van der Waals surface area contributed by atoms with Crippen LogP contribution in [0.1, 0.15) is 0 Å². The molecule has 0 saturated heterocycles. The van der Waals surface area contributed by atoms with Crippen LogP contribution in [0, 0.1) is 0 Å². The summed E-state index contributed by atoms with van der Waals surface area (Å²) in [5.41, 5.74) is 1.35. The zero-order valence-electron chi connectivity index (χ0n) is 7.28. The number of aromatic nitrogens is 5. The standard InChI is InChI=1S/C8H4ClN5O/c9-8-10-1-3-5(14-8)4-6(13-3)11-2-12-7(4)15/h1-2H,(H2,11,12,13,15). The molecule has 3 heterocycles. The first-order chi connectivity index (χ1) is 7.25. The van der Waals surface area contributed by atoms with Crippen LogP contribution in [-0.2, 0) is 0 Å². The second-order valence-corrected chi connectivity index (χ2v) is 3.32. The number of aromatic amines is 2. The molecule has 0 radical (unpaired) electrons. The molecule has 0 unspecified atom stereocenters. The number of H-pyrrole nitrogens is 2. The van der Waals surface area contributed by atoms with Crippen molar-refractivity contribution in [3.63, 3.8) is 0 Å². The van der Waals surface area contributed by atoms with Gasteiger partial charge in [-0.3, -0.25) is 4.79 Å². The van der Waals surface area contributed by atoms with Gasteiger partial charge >= 0.3 is 0 Å². The van der Waals surface area contributed by atoms with E-state index in [-0.39, 0.29) is 10.8 Å². The van der Waals surface area contributed by atoms with Gasteiger partial charge in [-0.25, -0.2) is 15.0 Å². The first kappa shape index (κ1) is 8.37. The quantitative estimate of drug-likeness (QED) is 0.551. The highest BCUT2D eigenvalue weighted by Gasteiger charge is 2.10. The Labute approximate surface area is 87.3 Å². The maximum Gasteiger partial charge on any atom is 0.262 e. The highest BCUT2D eigenvalue weighted by atomic mass is 35.5. The third-order valence-electron chi connectivity index (χ3n) is 2.10. The lowest BCUT2D eigenvalue weighted by atomic mass is 10.3. The number of nitrogens with zero attached hydrogens (tertiary/aromatic N) is 3. The molecule has 0 spiro atoms. The SMILES string of the molecule is O=c1[nH]cnc2[nH]c3cnc(Cl)nc3c12. The van der Waals surface area contributed by atoms with Gasteiger partial charge in [-0.1, -0.05) is 0 Å². The molecule has 0 saturated carbocycles. The van der Waals surface area contributed by atoms with E-state index in [4.69, 9.17) is 11.6 Å². The molecule has 0 aliphatic carbocycles. The predicted octanol–water partition coefficient (Wildman–Crippen LogP) is 0.848. The average molecular weight is 222 g/mol. The number of nitrogens with one attached hydrogen (secondary N) is 2.